The Bertz CT molecular complexity index is 778. The SMILES string of the molecule is CCn1c(O)c(N=NC(=S)NC[C@H]2CCCO2)c2cc(C)ccc21. The predicted octanol–water partition coefficient (Wildman–Crippen LogP) is 3.81. The Balaban J connectivity index is 1.79. The summed E-state index contributed by atoms with van der Waals surface area (Å²) in [5.41, 5.74) is 2.50. The molecule has 1 aromatic carbocycles. The molecule has 7 heteroatoms. The molecule has 1 aliphatic rings. The molecule has 1 saturated heterocycles. The van der Waals surface area contributed by atoms with Crippen LogP contribution in [0.25, 0.3) is 10.9 Å². The lowest BCUT2D eigenvalue weighted by Crippen LogP contribution is -2.29. The van der Waals surface area contributed by atoms with Gasteiger partial charge in [-0.05, 0) is 51.0 Å². The first-order chi connectivity index (χ1) is 11.6. The van der Waals surface area contributed by atoms with Crippen molar-refractivity contribution in [1.29, 1.82) is 0 Å². The van der Waals surface area contributed by atoms with Crippen LogP contribution in [0.4, 0.5) is 5.69 Å². The minimum Gasteiger partial charge on any atom is -0.493 e. The van der Waals surface area contributed by atoms with Gasteiger partial charge in [-0.25, -0.2) is 0 Å². The summed E-state index contributed by atoms with van der Waals surface area (Å²) in [4.78, 5) is 0. The lowest BCUT2D eigenvalue weighted by Gasteiger charge is -2.09. The van der Waals surface area contributed by atoms with Crippen molar-refractivity contribution in [3.05, 3.63) is 23.8 Å². The molecule has 6 nitrogen and oxygen atoms in total. The van der Waals surface area contributed by atoms with Gasteiger partial charge in [0, 0.05) is 25.1 Å². The molecule has 0 aliphatic carbocycles. The summed E-state index contributed by atoms with van der Waals surface area (Å²) >= 11 is 5.20. The van der Waals surface area contributed by atoms with E-state index in [-0.39, 0.29) is 12.0 Å². The summed E-state index contributed by atoms with van der Waals surface area (Å²) in [5, 5.41) is 22.9. The summed E-state index contributed by atoms with van der Waals surface area (Å²) in [5.74, 6) is 0.115. The van der Waals surface area contributed by atoms with Crippen LogP contribution in [0.3, 0.4) is 0 Å². The first-order valence-electron chi connectivity index (χ1n) is 8.23. The van der Waals surface area contributed by atoms with E-state index in [4.69, 9.17) is 17.0 Å². The van der Waals surface area contributed by atoms with Crippen LogP contribution in [-0.4, -0.2) is 34.0 Å². The standard InChI is InChI=1S/C17H22N4O2S/c1-3-21-14-7-6-11(2)9-13(14)15(16(21)22)19-20-17(24)18-10-12-5-4-8-23-12/h6-7,9,12,22H,3-5,8,10H2,1-2H3,(H,18,24)/t12-/m1/s1. The molecule has 1 atom stereocenters. The minimum absolute atomic E-state index is 0.115. The van der Waals surface area contributed by atoms with E-state index >= 15 is 0 Å². The predicted molar refractivity (Wildman–Crippen MR) is 98.1 cm³/mol. The number of nitrogens with zero attached hydrogens (tertiary/aromatic N) is 3. The monoisotopic (exact) mass is 346 g/mol. The molecule has 0 radical (unpaired) electrons. The Labute approximate surface area is 146 Å². The van der Waals surface area contributed by atoms with Crippen molar-refractivity contribution < 1.29 is 9.84 Å². The largest absolute Gasteiger partial charge is 0.493 e. The van der Waals surface area contributed by atoms with Crippen LogP contribution in [0, 0.1) is 6.92 Å². The summed E-state index contributed by atoms with van der Waals surface area (Å²) in [6.45, 7) is 6.09. The van der Waals surface area contributed by atoms with Crippen molar-refractivity contribution in [2.75, 3.05) is 13.2 Å². The molecule has 3 rings (SSSR count). The third-order valence-electron chi connectivity index (χ3n) is 4.23. The first kappa shape index (κ1) is 16.9. The van der Waals surface area contributed by atoms with E-state index < -0.39 is 0 Å². The second-order valence-electron chi connectivity index (χ2n) is 5.96. The highest BCUT2D eigenvalue weighted by molar-refractivity contribution is 7.80. The molecule has 0 amide bonds. The van der Waals surface area contributed by atoms with E-state index in [1.54, 1.807) is 0 Å². The fraction of sp³-hybridized carbons (Fsp3) is 0.471. The van der Waals surface area contributed by atoms with Gasteiger partial charge >= 0.3 is 0 Å². The number of hydrogen-bond donors (Lipinski definition) is 2. The highest BCUT2D eigenvalue weighted by Gasteiger charge is 2.17. The van der Waals surface area contributed by atoms with Gasteiger partial charge in [-0.3, -0.25) is 0 Å². The number of azo groups is 1. The van der Waals surface area contributed by atoms with Gasteiger partial charge < -0.3 is 19.7 Å². The smallest absolute Gasteiger partial charge is 0.220 e. The first-order valence-corrected chi connectivity index (χ1v) is 8.64. The molecule has 2 aromatic rings. The molecule has 128 valence electrons. The molecule has 0 unspecified atom stereocenters. The Morgan fingerprint density at radius 3 is 3.04 bits per heavy atom. The molecule has 2 N–H and O–H groups in total. The highest BCUT2D eigenvalue weighted by atomic mass is 32.1. The molecule has 24 heavy (non-hydrogen) atoms. The van der Waals surface area contributed by atoms with Crippen LogP contribution in [-0.2, 0) is 11.3 Å². The van der Waals surface area contributed by atoms with E-state index in [1.165, 1.54) is 0 Å². The maximum atomic E-state index is 10.4. The Hall–Kier alpha value is -1.99. The third kappa shape index (κ3) is 3.42. The van der Waals surface area contributed by atoms with E-state index in [0.29, 0.717) is 23.9 Å². The second kappa shape index (κ2) is 7.27. The number of aromatic hydroxyl groups is 1. The quantitative estimate of drug-likeness (QED) is 0.652. The molecule has 0 spiro atoms. The van der Waals surface area contributed by atoms with Crippen LogP contribution < -0.4 is 5.32 Å². The summed E-state index contributed by atoms with van der Waals surface area (Å²) in [6, 6.07) is 6.00. The zero-order valence-electron chi connectivity index (χ0n) is 14.0. The van der Waals surface area contributed by atoms with E-state index in [9.17, 15) is 5.11 Å². The number of ether oxygens (including phenoxy) is 1. The lowest BCUT2D eigenvalue weighted by atomic mass is 10.1. The van der Waals surface area contributed by atoms with Crippen LogP contribution in [0.15, 0.2) is 28.4 Å². The van der Waals surface area contributed by atoms with Crippen LogP contribution in [0.2, 0.25) is 0 Å². The molecular formula is C17H22N4O2S. The zero-order valence-corrected chi connectivity index (χ0v) is 14.8. The molecule has 1 aromatic heterocycles. The molecule has 0 bridgehead atoms. The molecule has 2 heterocycles. The van der Waals surface area contributed by atoms with Gasteiger partial charge in [-0.15, -0.1) is 10.2 Å². The summed E-state index contributed by atoms with van der Waals surface area (Å²) in [7, 11) is 0. The van der Waals surface area contributed by atoms with Crippen molar-refractivity contribution in [1.82, 2.24) is 9.88 Å². The second-order valence-corrected chi connectivity index (χ2v) is 6.34. The molecule has 0 saturated carbocycles. The maximum Gasteiger partial charge on any atom is 0.220 e. The number of aromatic nitrogens is 1. The molecule has 1 fully saturated rings. The van der Waals surface area contributed by atoms with E-state index in [2.05, 4.69) is 15.5 Å². The number of hydrogen-bond acceptors (Lipinski definition) is 4. The minimum atomic E-state index is 0.115. The van der Waals surface area contributed by atoms with Crippen molar-refractivity contribution in [2.24, 2.45) is 10.2 Å². The van der Waals surface area contributed by atoms with Gasteiger partial charge in [0.25, 0.3) is 0 Å². The Morgan fingerprint density at radius 2 is 2.33 bits per heavy atom. The Morgan fingerprint density at radius 1 is 1.50 bits per heavy atom. The third-order valence-corrected chi connectivity index (χ3v) is 4.45. The summed E-state index contributed by atoms with van der Waals surface area (Å²) < 4.78 is 7.35. The average molecular weight is 346 g/mol. The van der Waals surface area contributed by atoms with E-state index in [1.807, 2.05) is 36.6 Å². The highest BCUT2D eigenvalue weighted by Crippen LogP contribution is 2.39. The zero-order chi connectivity index (χ0) is 17.1. The van der Waals surface area contributed by atoms with Crippen molar-refractivity contribution in [2.45, 2.75) is 39.3 Å². The normalized spacial score (nSPS) is 17.8. The fourth-order valence-electron chi connectivity index (χ4n) is 2.99. The average Bonchev–Trinajstić information content (AvgIpc) is 3.17. The van der Waals surface area contributed by atoms with Crippen molar-refractivity contribution >= 4 is 33.9 Å². The van der Waals surface area contributed by atoms with Crippen LogP contribution in [0.5, 0.6) is 5.88 Å². The number of thiocarbonyl (C=S) groups is 1. The topological polar surface area (TPSA) is 71.1 Å². The van der Waals surface area contributed by atoms with Gasteiger partial charge in [0.1, 0.15) is 0 Å². The number of nitrogens with one attached hydrogen (secondary N) is 1. The molecular weight excluding hydrogens is 324 g/mol. The van der Waals surface area contributed by atoms with Crippen LogP contribution >= 0.6 is 12.2 Å². The fourth-order valence-corrected chi connectivity index (χ4v) is 3.12. The van der Waals surface area contributed by atoms with Crippen molar-refractivity contribution in [3.8, 4) is 5.88 Å². The number of rotatable bonds is 4. The number of benzene rings is 1. The summed E-state index contributed by atoms with van der Waals surface area (Å²) in [6.07, 6.45) is 2.32. The lowest BCUT2D eigenvalue weighted by molar-refractivity contribution is 0.114. The van der Waals surface area contributed by atoms with Gasteiger partial charge in [0.2, 0.25) is 11.0 Å². The van der Waals surface area contributed by atoms with Gasteiger partial charge in [-0.2, -0.15) is 0 Å². The van der Waals surface area contributed by atoms with E-state index in [0.717, 1.165) is 35.9 Å². The van der Waals surface area contributed by atoms with Crippen molar-refractivity contribution in [3.63, 3.8) is 0 Å². The maximum absolute atomic E-state index is 10.4. The van der Waals surface area contributed by atoms with Gasteiger partial charge in [0.15, 0.2) is 5.69 Å². The van der Waals surface area contributed by atoms with Gasteiger partial charge in [0.05, 0.1) is 11.6 Å². The van der Waals surface area contributed by atoms with Crippen LogP contribution in [0.1, 0.15) is 25.3 Å². The number of aryl methyl sites for hydroxylation is 2. The molecule has 1 aliphatic heterocycles. The number of fused-ring (bicyclic) bond motifs is 1. The van der Waals surface area contributed by atoms with Gasteiger partial charge in [-0.1, -0.05) is 11.6 Å². The Kier molecular flexibility index (Phi) is 5.11.